The number of carbonyl (C=O) groups excluding carboxylic acids is 2. The van der Waals surface area contributed by atoms with Crippen molar-refractivity contribution in [1.29, 1.82) is 0 Å². The number of nitrogens with zero attached hydrogens (tertiary/aromatic N) is 4. The van der Waals surface area contributed by atoms with Crippen molar-refractivity contribution in [3.8, 4) is 0 Å². The van der Waals surface area contributed by atoms with E-state index < -0.39 is 6.04 Å². The molecule has 3 aliphatic rings. The highest BCUT2D eigenvalue weighted by Gasteiger charge is 2.47. The quantitative estimate of drug-likeness (QED) is 0.727. The third-order valence-electron chi connectivity index (χ3n) is 5.89. The highest BCUT2D eigenvalue weighted by atomic mass is 35.5. The Hall–Kier alpha value is -2.49. The van der Waals surface area contributed by atoms with E-state index in [-0.39, 0.29) is 42.8 Å². The average molecular weight is 433 g/mol. The number of amides is 2. The Morgan fingerprint density at radius 3 is 2.90 bits per heavy atom. The van der Waals surface area contributed by atoms with E-state index in [1.54, 1.807) is 11.0 Å². The molecule has 1 aromatic heterocycles. The molecular formula is C20H25ClN6O3. The lowest BCUT2D eigenvalue weighted by molar-refractivity contribution is -0.126. The molecule has 10 heteroatoms. The van der Waals surface area contributed by atoms with Crippen LogP contribution in [-0.4, -0.2) is 64.5 Å². The number of benzene rings is 1. The smallest absolute Gasteiger partial charge is 0.255 e. The number of piperazine rings is 1. The van der Waals surface area contributed by atoms with Crippen molar-refractivity contribution in [3.05, 3.63) is 47.1 Å². The Balaban J connectivity index is 0.00000218. The summed E-state index contributed by atoms with van der Waals surface area (Å²) in [5.74, 6) is 0.704. The summed E-state index contributed by atoms with van der Waals surface area (Å²) in [6.07, 6.45) is 1.89. The fraction of sp³-hybridized carbons (Fsp3) is 0.500. The lowest BCUT2D eigenvalue weighted by Crippen LogP contribution is -2.44. The minimum Gasteiger partial charge on any atom is -0.345 e. The summed E-state index contributed by atoms with van der Waals surface area (Å²) in [7, 11) is 2.03. The first-order valence-corrected chi connectivity index (χ1v) is 10.1. The molecular weight excluding hydrogens is 408 g/mol. The highest BCUT2D eigenvalue weighted by Crippen LogP contribution is 2.41. The predicted molar refractivity (Wildman–Crippen MR) is 110 cm³/mol. The van der Waals surface area contributed by atoms with Crippen LogP contribution in [0, 0.1) is 0 Å². The Kier molecular flexibility index (Phi) is 5.77. The summed E-state index contributed by atoms with van der Waals surface area (Å²) in [5.41, 5.74) is 1.38. The van der Waals surface area contributed by atoms with Gasteiger partial charge in [0.25, 0.3) is 5.91 Å². The first kappa shape index (κ1) is 20.8. The molecule has 2 unspecified atom stereocenters. The van der Waals surface area contributed by atoms with E-state index in [0.717, 1.165) is 38.0 Å². The summed E-state index contributed by atoms with van der Waals surface area (Å²) in [5, 5.41) is 10.3. The van der Waals surface area contributed by atoms with Crippen molar-refractivity contribution in [3.63, 3.8) is 0 Å². The number of hydrogen-bond acceptors (Lipinski definition) is 7. The molecule has 2 amide bonds. The van der Waals surface area contributed by atoms with Gasteiger partial charge in [-0.05, 0) is 31.5 Å². The van der Waals surface area contributed by atoms with Gasteiger partial charge in [0.15, 0.2) is 5.82 Å². The maximum absolute atomic E-state index is 13.0. The summed E-state index contributed by atoms with van der Waals surface area (Å²) in [6.45, 7) is 2.75. The van der Waals surface area contributed by atoms with Crippen LogP contribution in [0.15, 0.2) is 28.8 Å². The average Bonchev–Trinajstić information content (AvgIpc) is 3.38. The molecule has 2 aliphatic heterocycles. The summed E-state index contributed by atoms with van der Waals surface area (Å²) >= 11 is 0. The van der Waals surface area contributed by atoms with Crippen LogP contribution in [0.2, 0.25) is 0 Å². The van der Waals surface area contributed by atoms with Crippen molar-refractivity contribution in [2.75, 3.05) is 26.7 Å². The molecule has 1 aliphatic carbocycles. The van der Waals surface area contributed by atoms with Gasteiger partial charge in [-0.3, -0.25) is 14.5 Å². The maximum Gasteiger partial charge on any atom is 0.255 e. The van der Waals surface area contributed by atoms with E-state index in [4.69, 9.17) is 4.52 Å². The van der Waals surface area contributed by atoms with Gasteiger partial charge < -0.3 is 20.1 Å². The zero-order valence-corrected chi connectivity index (χ0v) is 17.5. The van der Waals surface area contributed by atoms with Crippen LogP contribution in [0.25, 0.3) is 0 Å². The molecule has 2 fully saturated rings. The molecule has 2 atom stereocenters. The first-order chi connectivity index (χ1) is 14.1. The zero-order valence-electron chi connectivity index (χ0n) is 16.7. The number of likely N-dealkylation sites (N-methyl/N-ethyl adjacent to an activating group) is 1. The molecule has 2 N–H and O–H groups in total. The third kappa shape index (κ3) is 3.68. The van der Waals surface area contributed by atoms with Crippen LogP contribution in [0.3, 0.4) is 0 Å². The van der Waals surface area contributed by atoms with E-state index in [1.165, 1.54) is 0 Å². The standard InChI is InChI=1S/C20H24N6O3.ClH/c1-25-9-8-21-10-15(25)18-23-16(29-24-18)11-22-19(27)17-13-4-2-3-5-14(13)20(28)26(17)12-6-7-12;/h2-5,12,15,17,21H,6-11H2,1H3,(H,22,27);1H. The Morgan fingerprint density at radius 1 is 1.33 bits per heavy atom. The van der Waals surface area contributed by atoms with Gasteiger partial charge in [0.05, 0.1) is 12.6 Å². The topological polar surface area (TPSA) is 104 Å². The van der Waals surface area contributed by atoms with Crippen molar-refractivity contribution >= 4 is 24.2 Å². The van der Waals surface area contributed by atoms with Crippen LogP contribution >= 0.6 is 12.4 Å². The number of nitrogens with one attached hydrogen (secondary N) is 2. The monoisotopic (exact) mass is 432 g/mol. The van der Waals surface area contributed by atoms with Gasteiger partial charge in [0.2, 0.25) is 11.8 Å². The SMILES string of the molecule is CN1CCNCC1c1noc(CNC(=O)C2c3ccccc3C(=O)N2C2CC2)n1.Cl. The molecule has 1 saturated heterocycles. The molecule has 0 radical (unpaired) electrons. The maximum atomic E-state index is 13.0. The number of aromatic nitrogens is 2. The minimum atomic E-state index is -0.595. The van der Waals surface area contributed by atoms with Crippen molar-refractivity contribution in [2.24, 2.45) is 0 Å². The molecule has 5 rings (SSSR count). The van der Waals surface area contributed by atoms with E-state index in [0.29, 0.717) is 17.3 Å². The van der Waals surface area contributed by atoms with E-state index in [9.17, 15) is 9.59 Å². The molecule has 1 saturated carbocycles. The zero-order chi connectivity index (χ0) is 20.0. The second kappa shape index (κ2) is 8.33. The van der Waals surface area contributed by atoms with Crippen LogP contribution in [0.5, 0.6) is 0 Å². The van der Waals surface area contributed by atoms with Crippen LogP contribution in [0.1, 0.15) is 52.6 Å². The van der Waals surface area contributed by atoms with Crippen LogP contribution < -0.4 is 10.6 Å². The van der Waals surface area contributed by atoms with E-state index in [1.807, 2.05) is 25.2 Å². The Bertz CT molecular complexity index is 946. The number of halogens is 1. The van der Waals surface area contributed by atoms with E-state index in [2.05, 4.69) is 25.7 Å². The number of hydrogen-bond donors (Lipinski definition) is 2. The fourth-order valence-corrected chi connectivity index (χ4v) is 4.16. The van der Waals surface area contributed by atoms with Gasteiger partial charge in [-0.2, -0.15) is 4.98 Å². The Labute approximate surface area is 180 Å². The number of fused-ring (bicyclic) bond motifs is 1. The lowest BCUT2D eigenvalue weighted by atomic mass is 10.0. The van der Waals surface area contributed by atoms with Gasteiger partial charge in [0.1, 0.15) is 6.04 Å². The predicted octanol–water partition coefficient (Wildman–Crippen LogP) is 1.04. The molecule has 9 nitrogen and oxygen atoms in total. The largest absolute Gasteiger partial charge is 0.345 e. The minimum absolute atomic E-state index is 0. The van der Waals surface area contributed by atoms with Gasteiger partial charge >= 0.3 is 0 Å². The second-order valence-corrected chi connectivity index (χ2v) is 7.90. The van der Waals surface area contributed by atoms with Crippen molar-refractivity contribution in [1.82, 2.24) is 30.6 Å². The summed E-state index contributed by atoms with van der Waals surface area (Å²) in [4.78, 5) is 34.1. The van der Waals surface area contributed by atoms with Crippen molar-refractivity contribution in [2.45, 2.75) is 37.5 Å². The summed E-state index contributed by atoms with van der Waals surface area (Å²) in [6, 6.07) is 6.95. The normalized spacial score (nSPS) is 23.8. The first-order valence-electron chi connectivity index (χ1n) is 10.1. The lowest BCUT2D eigenvalue weighted by Gasteiger charge is -2.30. The van der Waals surface area contributed by atoms with Gasteiger partial charge in [-0.1, -0.05) is 23.4 Å². The molecule has 2 aromatic rings. The molecule has 1 aromatic carbocycles. The molecule has 30 heavy (non-hydrogen) atoms. The molecule has 0 spiro atoms. The number of rotatable bonds is 5. The third-order valence-corrected chi connectivity index (χ3v) is 5.89. The fourth-order valence-electron chi connectivity index (χ4n) is 4.16. The van der Waals surface area contributed by atoms with Gasteiger partial charge in [-0.25, -0.2) is 0 Å². The Morgan fingerprint density at radius 2 is 2.13 bits per heavy atom. The molecule has 3 heterocycles. The van der Waals surface area contributed by atoms with Crippen molar-refractivity contribution < 1.29 is 14.1 Å². The summed E-state index contributed by atoms with van der Waals surface area (Å²) < 4.78 is 5.35. The van der Waals surface area contributed by atoms with Gasteiger partial charge in [0, 0.05) is 31.2 Å². The van der Waals surface area contributed by atoms with Gasteiger partial charge in [-0.15, -0.1) is 12.4 Å². The second-order valence-electron chi connectivity index (χ2n) is 7.90. The van der Waals surface area contributed by atoms with Crippen LogP contribution in [-0.2, 0) is 11.3 Å². The molecule has 0 bridgehead atoms. The number of carbonyl (C=O) groups is 2. The van der Waals surface area contributed by atoms with E-state index >= 15 is 0 Å². The molecule has 160 valence electrons. The van der Waals surface area contributed by atoms with Crippen LogP contribution in [0.4, 0.5) is 0 Å². The highest BCUT2D eigenvalue weighted by molar-refractivity contribution is 6.05.